The van der Waals surface area contributed by atoms with Crippen LogP contribution in [0.15, 0.2) is 46.9 Å². The molecule has 0 aliphatic rings. The molecule has 2 aromatic rings. The highest BCUT2D eigenvalue weighted by molar-refractivity contribution is 9.10. The van der Waals surface area contributed by atoms with Crippen LogP contribution in [0.2, 0.25) is 5.02 Å². The third-order valence-corrected chi connectivity index (χ3v) is 3.70. The molecule has 0 aromatic heterocycles. The van der Waals surface area contributed by atoms with Crippen molar-refractivity contribution in [3.05, 3.63) is 63.1 Å². The molecule has 0 aliphatic carbocycles. The summed E-state index contributed by atoms with van der Waals surface area (Å²) in [6, 6.07) is 13.4. The Bertz CT molecular complexity index is 616. The highest BCUT2D eigenvalue weighted by Crippen LogP contribution is 2.23. The second kappa shape index (κ2) is 7.07. The summed E-state index contributed by atoms with van der Waals surface area (Å²) in [7, 11) is 0. The molecule has 0 saturated carbocycles. The quantitative estimate of drug-likeness (QED) is 0.787. The molecule has 0 atom stereocenters. The average Bonchev–Trinajstić information content (AvgIpc) is 2.39. The first kappa shape index (κ1) is 15.3. The zero-order valence-electron chi connectivity index (χ0n) is 10.6. The van der Waals surface area contributed by atoms with Crippen molar-refractivity contribution in [3.63, 3.8) is 0 Å². The SMILES string of the molecule is NC(=S)Cc1ccc(OCc2ccc(Br)cc2Cl)cc1. The monoisotopic (exact) mass is 369 g/mol. The van der Waals surface area contributed by atoms with E-state index in [2.05, 4.69) is 15.9 Å². The van der Waals surface area contributed by atoms with Crippen LogP contribution in [-0.2, 0) is 13.0 Å². The maximum Gasteiger partial charge on any atom is 0.119 e. The van der Waals surface area contributed by atoms with Crippen LogP contribution in [0.4, 0.5) is 0 Å². The number of nitrogens with two attached hydrogens (primary N) is 1. The van der Waals surface area contributed by atoms with E-state index in [1.165, 1.54) is 0 Å². The molecule has 0 bridgehead atoms. The summed E-state index contributed by atoms with van der Waals surface area (Å²) < 4.78 is 6.66. The smallest absolute Gasteiger partial charge is 0.119 e. The van der Waals surface area contributed by atoms with E-state index in [1.807, 2.05) is 42.5 Å². The minimum absolute atomic E-state index is 0.431. The fourth-order valence-electron chi connectivity index (χ4n) is 1.70. The maximum atomic E-state index is 6.14. The Morgan fingerprint density at radius 2 is 1.90 bits per heavy atom. The molecule has 2 rings (SSSR count). The lowest BCUT2D eigenvalue weighted by molar-refractivity contribution is 0.306. The van der Waals surface area contributed by atoms with Gasteiger partial charge in [0.15, 0.2) is 0 Å². The molecular formula is C15H13BrClNOS. The van der Waals surface area contributed by atoms with Crippen LogP contribution in [0.5, 0.6) is 5.75 Å². The van der Waals surface area contributed by atoms with Crippen molar-refractivity contribution in [1.82, 2.24) is 0 Å². The molecule has 2 nitrogen and oxygen atoms in total. The van der Waals surface area contributed by atoms with E-state index in [0.29, 0.717) is 23.0 Å². The number of halogens is 2. The molecule has 0 fully saturated rings. The Kier molecular flexibility index (Phi) is 5.40. The highest BCUT2D eigenvalue weighted by atomic mass is 79.9. The van der Waals surface area contributed by atoms with E-state index in [9.17, 15) is 0 Å². The molecule has 0 saturated heterocycles. The van der Waals surface area contributed by atoms with Crippen molar-refractivity contribution >= 4 is 44.7 Å². The molecule has 0 heterocycles. The molecular weight excluding hydrogens is 358 g/mol. The Balaban J connectivity index is 1.98. The van der Waals surface area contributed by atoms with Gasteiger partial charge in [0.25, 0.3) is 0 Å². The van der Waals surface area contributed by atoms with Gasteiger partial charge in [0.05, 0.1) is 4.99 Å². The van der Waals surface area contributed by atoms with Gasteiger partial charge in [-0.2, -0.15) is 0 Å². The zero-order valence-corrected chi connectivity index (χ0v) is 13.8. The van der Waals surface area contributed by atoms with Crippen molar-refractivity contribution < 1.29 is 4.74 Å². The van der Waals surface area contributed by atoms with Crippen molar-refractivity contribution in [2.75, 3.05) is 0 Å². The molecule has 0 aliphatic heterocycles. The Hall–Kier alpha value is -1.10. The molecule has 0 radical (unpaired) electrons. The first-order valence-electron chi connectivity index (χ1n) is 5.98. The third kappa shape index (κ3) is 4.47. The molecule has 20 heavy (non-hydrogen) atoms. The van der Waals surface area contributed by atoms with Crippen molar-refractivity contribution in [2.24, 2.45) is 5.73 Å². The normalized spacial score (nSPS) is 10.3. The van der Waals surface area contributed by atoms with Crippen LogP contribution in [0, 0.1) is 0 Å². The van der Waals surface area contributed by atoms with Crippen LogP contribution in [0.3, 0.4) is 0 Å². The fourth-order valence-corrected chi connectivity index (χ4v) is 2.60. The van der Waals surface area contributed by atoms with Gasteiger partial charge in [-0.3, -0.25) is 0 Å². The van der Waals surface area contributed by atoms with Crippen molar-refractivity contribution in [2.45, 2.75) is 13.0 Å². The number of benzene rings is 2. The number of thiocarbonyl (C=S) groups is 1. The zero-order chi connectivity index (χ0) is 14.5. The molecule has 2 N–H and O–H groups in total. The van der Waals surface area contributed by atoms with Crippen LogP contribution in [0.1, 0.15) is 11.1 Å². The standard InChI is InChI=1S/C15H13BrClNOS/c16-12-4-3-11(14(17)8-12)9-19-13-5-1-10(2-6-13)7-15(18)20/h1-6,8H,7,9H2,(H2,18,20). The summed E-state index contributed by atoms with van der Waals surface area (Å²) in [5.74, 6) is 0.788. The van der Waals surface area contributed by atoms with Crippen LogP contribution in [0.25, 0.3) is 0 Å². The van der Waals surface area contributed by atoms with Gasteiger partial charge < -0.3 is 10.5 Å². The van der Waals surface area contributed by atoms with E-state index in [1.54, 1.807) is 0 Å². The Morgan fingerprint density at radius 3 is 2.50 bits per heavy atom. The Morgan fingerprint density at radius 1 is 1.20 bits per heavy atom. The summed E-state index contributed by atoms with van der Waals surface area (Å²) in [5, 5.41) is 0.685. The molecule has 5 heteroatoms. The van der Waals surface area contributed by atoms with Crippen LogP contribution in [-0.4, -0.2) is 4.99 Å². The van der Waals surface area contributed by atoms with Crippen molar-refractivity contribution in [1.29, 1.82) is 0 Å². The summed E-state index contributed by atoms with van der Waals surface area (Å²) in [6.07, 6.45) is 0.605. The van der Waals surface area contributed by atoms with E-state index in [4.69, 9.17) is 34.3 Å². The minimum atomic E-state index is 0.431. The van der Waals surface area contributed by atoms with E-state index in [-0.39, 0.29) is 0 Å². The van der Waals surface area contributed by atoms with Gasteiger partial charge in [0.1, 0.15) is 12.4 Å². The Labute approximate surface area is 137 Å². The second-order valence-electron chi connectivity index (χ2n) is 4.31. The van der Waals surface area contributed by atoms with Gasteiger partial charge >= 0.3 is 0 Å². The first-order chi connectivity index (χ1) is 9.54. The van der Waals surface area contributed by atoms with E-state index < -0.39 is 0 Å². The molecule has 0 amide bonds. The van der Waals surface area contributed by atoms with Crippen LogP contribution >= 0.6 is 39.7 Å². The first-order valence-corrected chi connectivity index (χ1v) is 7.56. The fraction of sp³-hybridized carbons (Fsp3) is 0.133. The summed E-state index contributed by atoms with van der Waals surface area (Å²) in [6.45, 7) is 0.431. The molecule has 104 valence electrons. The number of ether oxygens (including phenoxy) is 1. The summed E-state index contributed by atoms with van der Waals surface area (Å²) >= 11 is 14.4. The van der Waals surface area contributed by atoms with Crippen LogP contribution < -0.4 is 10.5 Å². The number of hydrogen-bond donors (Lipinski definition) is 1. The minimum Gasteiger partial charge on any atom is -0.489 e. The van der Waals surface area contributed by atoms with Gasteiger partial charge in [-0.25, -0.2) is 0 Å². The topological polar surface area (TPSA) is 35.2 Å². The predicted octanol–water partition coefficient (Wildman–Crippen LogP) is 4.51. The predicted molar refractivity (Wildman–Crippen MR) is 90.4 cm³/mol. The molecule has 2 aromatic carbocycles. The van der Waals surface area contributed by atoms with E-state index in [0.717, 1.165) is 21.3 Å². The van der Waals surface area contributed by atoms with E-state index >= 15 is 0 Å². The molecule has 0 spiro atoms. The highest BCUT2D eigenvalue weighted by Gasteiger charge is 2.03. The number of hydrogen-bond acceptors (Lipinski definition) is 2. The largest absolute Gasteiger partial charge is 0.489 e. The maximum absolute atomic E-state index is 6.14. The third-order valence-electron chi connectivity index (χ3n) is 2.71. The van der Waals surface area contributed by atoms with Gasteiger partial charge in [-0.15, -0.1) is 0 Å². The van der Waals surface area contributed by atoms with Gasteiger partial charge in [-0.1, -0.05) is 57.9 Å². The van der Waals surface area contributed by atoms with Gasteiger partial charge in [-0.05, 0) is 29.8 Å². The summed E-state index contributed by atoms with van der Waals surface area (Å²) in [5.41, 5.74) is 7.53. The lowest BCUT2D eigenvalue weighted by Gasteiger charge is -2.09. The van der Waals surface area contributed by atoms with Gasteiger partial charge in [0.2, 0.25) is 0 Å². The molecule has 0 unspecified atom stereocenters. The summed E-state index contributed by atoms with van der Waals surface area (Å²) in [4.78, 5) is 0.486. The van der Waals surface area contributed by atoms with Crippen molar-refractivity contribution in [3.8, 4) is 5.75 Å². The second-order valence-corrected chi connectivity index (χ2v) is 6.16. The average molecular weight is 371 g/mol. The van der Waals surface area contributed by atoms with Gasteiger partial charge in [0, 0.05) is 21.5 Å². The lowest BCUT2D eigenvalue weighted by atomic mass is 10.1. The number of rotatable bonds is 5. The lowest BCUT2D eigenvalue weighted by Crippen LogP contribution is -2.10.